The van der Waals surface area contributed by atoms with Gasteiger partial charge >= 0.3 is 5.97 Å². The molecule has 0 amide bonds. The maximum absolute atomic E-state index is 14.4. The molecule has 0 aliphatic carbocycles. The molecule has 1 heterocycles. The Morgan fingerprint density at radius 1 is 1.30 bits per heavy atom. The van der Waals surface area contributed by atoms with E-state index in [1.54, 1.807) is 28.8 Å². The van der Waals surface area contributed by atoms with Gasteiger partial charge in [0.1, 0.15) is 11.4 Å². The lowest BCUT2D eigenvalue weighted by Gasteiger charge is -2.21. The molecule has 0 spiro atoms. The summed E-state index contributed by atoms with van der Waals surface area (Å²) in [6.45, 7) is 1.68. The quantitative estimate of drug-likeness (QED) is 0.509. The second-order valence-electron chi connectivity index (χ2n) is 6.90. The van der Waals surface area contributed by atoms with Gasteiger partial charge in [-0.1, -0.05) is 30.7 Å². The zero-order chi connectivity index (χ0) is 22.0. The van der Waals surface area contributed by atoms with E-state index >= 15 is 0 Å². The molecule has 158 valence electrons. The molecule has 2 aromatic carbocycles. The number of benzene rings is 2. The molecule has 3 rings (SSSR count). The van der Waals surface area contributed by atoms with Crippen LogP contribution in [0.15, 0.2) is 46.2 Å². The first-order valence-corrected chi connectivity index (χ1v) is 10.9. The van der Waals surface area contributed by atoms with Crippen molar-refractivity contribution >= 4 is 40.2 Å². The number of fused-ring (bicyclic) bond motifs is 1. The van der Waals surface area contributed by atoms with Gasteiger partial charge in [-0.3, -0.25) is 4.79 Å². The summed E-state index contributed by atoms with van der Waals surface area (Å²) in [5, 5.41) is 19.5. The van der Waals surface area contributed by atoms with Crippen molar-refractivity contribution in [1.82, 2.24) is 4.57 Å². The van der Waals surface area contributed by atoms with E-state index in [1.165, 1.54) is 24.0 Å². The van der Waals surface area contributed by atoms with E-state index in [2.05, 4.69) is 0 Å². The number of aliphatic hydroxyl groups excluding tert-OH is 1. The van der Waals surface area contributed by atoms with Gasteiger partial charge in [-0.25, -0.2) is 9.18 Å². The first-order valence-electron chi connectivity index (χ1n) is 9.35. The SMILES string of the molecule is CC[C@H](CO)n1cc(C(=O)O)c(=O)c2cc(Cc3cccc(Cl)c3F)c(SC)cc21. The Kier molecular flexibility index (Phi) is 6.85. The summed E-state index contributed by atoms with van der Waals surface area (Å²) in [5.74, 6) is -1.85. The lowest BCUT2D eigenvalue weighted by Crippen LogP contribution is -2.22. The molecule has 0 bridgehead atoms. The number of halogens is 2. The number of carboxylic acid groups (broad SMARTS) is 1. The molecule has 3 aromatic rings. The van der Waals surface area contributed by atoms with Gasteiger partial charge in [-0.15, -0.1) is 11.8 Å². The van der Waals surface area contributed by atoms with Gasteiger partial charge in [-0.05, 0) is 42.0 Å². The average molecular weight is 450 g/mol. The molecule has 1 aromatic heterocycles. The number of hydrogen-bond acceptors (Lipinski definition) is 4. The summed E-state index contributed by atoms with van der Waals surface area (Å²) in [6.07, 6.45) is 3.91. The molecule has 0 fully saturated rings. The van der Waals surface area contributed by atoms with E-state index in [-0.39, 0.29) is 35.0 Å². The van der Waals surface area contributed by atoms with Crippen LogP contribution in [-0.4, -0.2) is 33.6 Å². The lowest BCUT2D eigenvalue weighted by atomic mass is 10.0. The number of hydrogen-bond donors (Lipinski definition) is 2. The average Bonchev–Trinajstić information content (AvgIpc) is 2.73. The smallest absolute Gasteiger partial charge is 0.341 e. The number of aliphatic hydroxyl groups is 1. The monoisotopic (exact) mass is 449 g/mol. The minimum absolute atomic E-state index is 0.0169. The molecule has 0 saturated carbocycles. The van der Waals surface area contributed by atoms with Crippen LogP contribution in [0.4, 0.5) is 4.39 Å². The van der Waals surface area contributed by atoms with Crippen LogP contribution < -0.4 is 5.43 Å². The van der Waals surface area contributed by atoms with Gasteiger partial charge in [-0.2, -0.15) is 0 Å². The molecule has 5 nitrogen and oxygen atoms in total. The minimum atomic E-state index is -1.33. The van der Waals surface area contributed by atoms with Crippen LogP contribution in [0.25, 0.3) is 10.9 Å². The Balaban J connectivity index is 2.31. The summed E-state index contributed by atoms with van der Waals surface area (Å²) in [6, 6.07) is 7.79. The first-order chi connectivity index (χ1) is 14.3. The summed E-state index contributed by atoms with van der Waals surface area (Å²) in [5.41, 5.74) is 0.631. The number of aromatic nitrogens is 1. The lowest BCUT2D eigenvalue weighted by molar-refractivity contribution is 0.0694. The molecule has 0 radical (unpaired) electrons. The Bertz CT molecular complexity index is 1170. The predicted octanol–water partition coefficient (Wildman–Crippen LogP) is 4.75. The van der Waals surface area contributed by atoms with E-state index in [9.17, 15) is 24.2 Å². The zero-order valence-corrected chi connectivity index (χ0v) is 18.1. The molecule has 8 heteroatoms. The van der Waals surface area contributed by atoms with Crippen molar-refractivity contribution in [2.75, 3.05) is 12.9 Å². The third kappa shape index (κ3) is 4.10. The number of rotatable bonds is 7. The van der Waals surface area contributed by atoms with E-state index in [0.717, 1.165) is 4.90 Å². The number of aromatic carboxylic acids is 1. The van der Waals surface area contributed by atoms with Gasteiger partial charge in [0, 0.05) is 22.9 Å². The van der Waals surface area contributed by atoms with Crippen LogP contribution >= 0.6 is 23.4 Å². The van der Waals surface area contributed by atoms with E-state index in [0.29, 0.717) is 23.1 Å². The summed E-state index contributed by atoms with van der Waals surface area (Å²) in [4.78, 5) is 25.4. The number of nitrogens with zero attached hydrogens (tertiary/aromatic N) is 1. The molecule has 0 aliphatic rings. The minimum Gasteiger partial charge on any atom is -0.477 e. The Labute approximate surface area is 182 Å². The van der Waals surface area contributed by atoms with Crippen molar-refractivity contribution in [3.05, 3.63) is 74.3 Å². The highest BCUT2D eigenvalue weighted by atomic mass is 35.5. The molecule has 30 heavy (non-hydrogen) atoms. The van der Waals surface area contributed by atoms with Crippen LogP contribution in [0.3, 0.4) is 0 Å². The second kappa shape index (κ2) is 9.20. The molecule has 1 atom stereocenters. The van der Waals surface area contributed by atoms with Crippen molar-refractivity contribution in [2.45, 2.75) is 30.7 Å². The standard InChI is InChI=1S/C22H21ClFNO4S/c1-3-14(11-26)25-10-16(22(28)29)21(27)15-8-13(19(30-2)9-18(15)25)7-12-5-4-6-17(23)20(12)24/h4-6,8-10,14,26H,3,7,11H2,1-2H3,(H,28,29)/t14-/m1/s1. The maximum Gasteiger partial charge on any atom is 0.341 e. The fourth-order valence-corrected chi connectivity index (χ4v) is 4.33. The van der Waals surface area contributed by atoms with Crippen LogP contribution in [0.1, 0.15) is 40.9 Å². The van der Waals surface area contributed by atoms with Crippen LogP contribution in [0, 0.1) is 5.82 Å². The van der Waals surface area contributed by atoms with Gasteiger partial charge in [0.25, 0.3) is 0 Å². The Morgan fingerprint density at radius 3 is 2.63 bits per heavy atom. The molecular weight excluding hydrogens is 429 g/mol. The highest BCUT2D eigenvalue weighted by Gasteiger charge is 2.20. The van der Waals surface area contributed by atoms with Gasteiger partial charge in [0.15, 0.2) is 0 Å². The number of carboxylic acids is 1. The van der Waals surface area contributed by atoms with Crippen LogP contribution in [0.2, 0.25) is 5.02 Å². The fourth-order valence-electron chi connectivity index (χ4n) is 3.51. The summed E-state index contributed by atoms with van der Waals surface area (Å²) < 4.78 is 16.1. The van der Waals surface area contributed by atoms with Crippen molar-refractivity contribution in [3.8, 4) is 0 Å². The zero-order valence-electron chi connectivity index (χ0n) is 16.5. The largest absolute Gasteiger partial charge is 0.477 e. The van der Waals surface area contributed by atoms with Crippen molar-refractivity contribution in [1.29, 1.82) is 0 Å². The van der Waals surface area contributed by atoms with E-state index < -0.39 is 17.2 Å². The van der Waals surface area contributed by atoms with E-state index in [4.69, 9.17) is 11.6 Å². The third-order valence-electron chi connectivity index (χ3n) is 5.15. The molecule has 0 unspecified atom stereocenters. The number of pyridine rings is 1. The third-order valence-corrected chi connectivity index (χ3v) is 6.26. The molecular formula is C22H21ClFNO4S. The van der Waals surface area contributed by atoms with Gasteiger partial charge < -0.3 is 14.8 Å². The maximum atomic E-state index is 14.4. The highest BCUT2D eigenvalue weighted by molar-refractivity contribution is 7.98. The Morgan fingerprint density at radius 2 is 2.03 bits per heavy atom. The van der Waals surface area contributed by atoms with Crippen LogP contribution in [0.5, 0.6) is 0 Å². The normalized spacial score (nSPS) is 12.3. The molecule has 2 N–H and O–H groups in total. The van der Waals surface area contributed by atoms with Gasteiger partial charge in [0.2, 0.25) is 5.43 Å². The topological polar surface area (TPSA) is 79.5 Å². The summed E-state index contributed by atoms with van der Waals surface area (Å²) in [7, 11) is 0. The van der Waals surface area contributed by atoms with Crippen molar-refractivity contribution in [2.24, 2.45) is 0 Å². The highest BCUT2D eigenvalue weighted by Crippen LogP contribution is 2.31. The van der Waals surface area contributed by atoms with Gasteiger partial charge in [0.05, 0.1) is 23.2 Å². The molecule has 0 saturated heterocycles. The van der Waals surface area contributed by atoms with Crippen LogP contribution in [-0.2, 0) is 6.42 Å². The Hall–Kier alpha value is -2.35. The van der Waals surface area contributed by atoms with Crippen molar-refractivity contribution in [3.63, 3.8) is 0 Å². The second-order valence-corrected chi connectivity index (χ2v) is 8.16. The fraction of sp³-hybridized carbons (Fsp3) is 0.273. The molecule has 0 aliphatic heterocycles. The number of carbonyl (C=O) groups is 1. The van der Waals surface area contributed by atoms with Crippen molar-refractivity contribution < 1.29 is 19.4 Å². The summed E-state index contributed by atoms with van der Waals surface area (Å²) >= 11 is 7.34. The van der Waals surface area contributed by atoms with E-state index in [1.807, 2.05) is 13.2 Å². The predicted molar refractivity (Wildman–Crippen MR) is 118 cm³/mol. The first kappa shape index (κ1) is 22.3. The number of thioether (sulfide) groups is 1.